The molecular formula is C18H32N4O3. The highest BCUT2D eigenvalue weighted by atomic mass is 16.5. The van der Waals surface area contributed by atoms with Crippen LogP contribution in [0.15, 0.2) is 23.3 Å². The molecule has 1 aromatic heterocycles. The second kappa shape index (κ2) is 14.5. The van der Waals surface area contributed by atoms with Gasteiger partial charge in [-0.2, -0.15) is 0 Å². The minimum atomic E-state index is 0.478. The third-order valence-electron chi connectivity index (χ3n) is 3.45. The van der Waals surface area contributed by atoms with Crippen molar-refractivity contribution in [2.45, 2.75) is 32.7 Å². The first kappa shape index (κ1) is 21.2. The second-order valence-corrected chi connectivity index (χ2v) is 5.48. The van der Waals surface area contributed by atoms with Gasteiger partial charge in [0.05, 0.1) is 6.61 Å². The van der Waals surface area contributed by atoms with E-state index < -0.39 is 0 Å². The Morgan fingerprint density at radius 1 is 1.16 bits per heavy atom. The molecule has 25 heavy (non-hydrogen) atoms. The van der Waals surface area contributed by atoms with E-state index >= 15 is 0 Å². The van der Waals surface area contributed by atoms with Gasteiger partial charge < -0.3 is 24.8 Å². The maximum Gasteiger partial charge on any atom is 0.218 e. The molecule has 0 bridgehead atoms. The van der Waals surface area contributed by atoms with E-state index in [-0.39, 0.29) is 0 Å². The minimum absolute atomic E-state index is 0.478. The van der Waals surface area contributed by atoms with Crippen LogP contribution in [-0.2, 0) is 16.0 Å². The van der Waals surface area contributed by atoms with Crippen molar-refractivity contribution in [1.29, 1.82) is 0 Å². The number of ether oxygens (including phenoxy) is 3. The van der Waals surface area contributed by atoms with E-state index in [1.54, 1.807) is 20.4 Å². The first-order valence-electron chi connectivity index (χ1n) is 8.89. The number of nitrogens with zero attached hydrogens (tertiary/aromatic N) is 2. The number of hydrogen-bond donors (Lipinski definition) is 2. The van der Waals surface area contributed by atoms with Crippen LogP contribution in [-0.4, -0.2) is 58.1 Å². The van der Waals surface area contributed by atoms with E-state index in [0.717, 1.165) is 44.1 Å². The van der Waals surface area contributed by atoms with Crippen LogP contribution in [0, 0.1) is 0 Å². The Morgan fingerprint density at radius 2 is 2.00 bits per heavy atom. The summed E-state index contributed by atoms with van der Waals surface area (Å²) in [6, 6.07) is 3.88. The molecule has 0 radical (unpaired) electrons. The number of aromatic nitrogens is 1. The van der Waals surface area contributed by atoms with Gasteiger partial charge in [-0.1, -0.05) is 19.4 Å². The van der Waals surface area contributed by atoms with Crippen molar-refractivity contribution in [2.24, 2.45) is 4.99 Å². The summed E-state index contributed by atoms with van der Waals surface area (Å²) in [7, 11) is 3.40. The number of hydrogen-bond acceptors (Lipinski definition) is 5. The number of nitrogens with one attached hydrogen (secondary N) is 2. The van der Waals surface area contributed by atoms with Crippen LogP contribution in [0.25, 0.3) is 0 Å². The Hall–Kier alpha value is -1.86. The van der Waals surface area contributed by atoms with Crippen LogP contribution in [0.2, 0.25) is 0 Å². The van der Waals surface area contributed by atoms with Gasteiger partial charge in [-0.3, -0.25) is 4.99 Å². The van der Waals surface area contributed by atoms with Gasteiger partial charge in [0.25, 0.3) is 0 Å². The fourth-order valence-corrected chi connectivity index (χ4v) is 2.04. The molecule has 7 nitrogen and oxygen atoms in total. The van der Waals surface area contributed by atoms with Crippen molar-refractivity contribution >= 4 is 5.96 Å². The van der Waals surface area contributed by atoms with Gasteiger partial charge in [-0.05, 0) is 18.9 Å². The lowest BCUT2D eigenvalue weighted by atomic mass is 10.2. The smallest absolute Gasteiger partial charge is 0.218 e. The summed E-state index contributed by atoms with van der Waals surface area (Å²) in [5, 5.41) is 6.55. The van der Waals surface area contributed by atoms with E-state index in [2.05, 4.69) is 27.5 Å². The van der Waals surface area contributed by atoms with Gasteiger partial charge in [0.15, 0.2) is 5.96 Å². The molecule has 0 aliphatic heterocycles. The van der Waals surface area contributed by atoms with Crippen LogP contribution < -0.4 is 15.4 Å². The highest BCUT2D eigenvalue weighted by Crippen LogP contribution is 2.13. The van der Waals surface area contributed by atoms with E-state index in [1.807, 2.05) is 12.1 Å². The first-order valence-corrected chi connectivity index (χ1v) is 8.89. The number of unbranched alkanes of at least 4 members (excludes halogenated alkanes) is 1. The van der Waals surface area contributed by atoms with Crippen LogP contribution in [0.1, 0.15) is 31.7 Å². The summed E-state index contributed by atoms with van der Waals surface area (Å²) >= 11 is 0. The minimum Gasteiger partial charge on any atom is -0.475 e. The molecule has 0 saturated carbocycles. The molecule has 2 N–H and O–H groups in total. The van der Waals surface area contributed by atoms with Crippen LogP contribution in [0.5, 0.6) is 5.88 Å². The summed E-state index contributed by atoms with van der Waals surface area (Å²) in [6.07, 6.45) is 4.96. The van der Waals surface area contributed by atoms with E-state index in [0.29, 0.717) is 25.6 Å². The van der Waals surface area contributed by atoms with Crippen molar-refractivity contribution < 1.29 is 14.2 Å². The first-order chi connectivity index (χ1) is 12.3. The number of aliphatic imine (C=N–C) groups is 1. The summed E-state index contributed by atoms with van der Waals surface area (Å²) < 4.78 is 16.2. The summed E-state index contributed by atoms with van der Waals surface area (Å²) in [5.74, 6) is 1.37. The molecule has 1 rings (SSSR count). The van der Waals surface area contributed by atoms with Crippen molar-refractivity contribution in [2.75, 3.05) is 47.1 Å². The average molecular weight is 352 g/mol. The predicted octanol–water partition coefficient (Wildman–Crippen LogP) is 1.98. The molecule has 0 saturated heterocycles. The zero-order valence-corrected chi connectivity index (χ0v) is 15.7. The van der Waals surface area contributed by atoms with Gasteiger partial charge >= 0.3 is 0 Å². The van der Waals surface area contributed by atoms with Crippen molar-refractivity contribution in [3.8, 4) is 5.88 Å². The van der Waals surface area contributed by atoms with Crippen LogP contribution >= 0.6 is 0 Å². The maximum absolute atomic E-state index is 5.64. The van der Waals surface area contributed by atoms with Crippen LogP contribution in [0.3, 0.4) is 0 Å². The lowest BCUT2D eigenvalue weighted by Crippen LogP contribution is -2.37. The Balaban J connectivity index is 2.30. The second-order valence-electron chi connectivity index (χ2n) is 5.48. The lowest BCUT2D eigenvalue weighted by Gasteiger charge is -2.14. The van der Waals surface area contributed by atoms with Gasteiger partial charge in [-0.25, -0.2) is 4.98 Å². The summed E-state index contributed by atoms with van der Waals surface area (Å²) in [4.78, 5) is 8.50. The van der Waals surface area contributed by atoms with Crippen molar-refractivity contribution in [3.05, 3.63) is 23.9 Å². The molecule has 1 heterocycles. The molecule has 0 unspecified atom stereocenters. The quantitative estimate of drug-likeness (QED) is 0.321. The molecule has 0 aliphatic carbocycles. The lowest BCUT2D eigenvalue weighted by molar-refractivity contribution is 0.129. The van der Waals surface area contributed by atoms with Crippen molar-refractivity contribution in [3.63, 3.8) is 0 Å². The topological polar surface area (TPSA) is 77.0 Å². The number of pyridine rings is 1. The molecule has 7 heteroatoms. The van der Waals surface area contributed by atoms with Gasteiger partial charge in [-0.15, -0.1) is 0 Å². The van der Waals surface area contributed by atoms with Gasteiger partial charge in [0.2, 0.25) is 5.88 Å². The van der Waals surface area contributed by atoms with Gasteiger partial charge in [0, 0.05) is 52.2 Å². The normalized spacial score (nSPS) is 11.4. The van der Waals surface area contributed by atoms with Crippen LogP contribution in [0.4, 0.5) is 0 Å². The van der Waals surface area contributed by atoms with E-state index in [9.17, 15) is 0 Å². The standard InChI is InChI=1S/C18H32N4O3/c1-4-5-11-24-12-7-10-21-18(19-2)22-15-16-8-6-9-20-17(16)25-14-13-23-3/h6,8-9H,4-5,7,10-15H2,1-3H3,(H2,19,21,22). The molecule has 0 fully saturated rings. The van der Waals surface area contributed by atoms with Gasteiger partial charge in [0.1, 0.15) is 6.61 Å². The molecule has 1 aromatic rings. The summed E-state index contributed by atoms with van der Waals surface area (Å²) in [6.45, 7) is 6.19. The SMILES string of the molecule is CCCCOCCCNC(=NC)NCc1cccnc1OCCOC. The Kier molecular flexibility index (Phi) is 12.3. The number of guanidine groups is 1. The molecule has 0 spiro atoms. The fourth-order valence-electron chi connectivity index (χ4n) is 2.04. The molecule has 0 atom stereocenters. The predicted molar refractivity (Wildman–Crippen MR) is 100 cm³/mol. The number of methoxy groups -OCH3 is 1. The highest BCUT2D eigenvalue weighted by Gasteiger charge is 2.06. The molecule has 0 aliphatic rings. The molecule has 0 amide bonds. The molecular weight excluding hydrogens is 320 g/mol. The Bertz CT molecular complexity index is 483. The summed E-state index contributed by atoms with van der Waals surface area (Å²) in [5.41, 5.74) is 0.976. The average Bonchev–Trinajstić information content (AvgIpc) is 2.64. The Labute approximate surface area is 151 Å². The van der Waals surface area contributed by atoms with Crippen molar-refractivity contribution in [1.82, 2.24) is 15.6 Å². The zero-order valence-electron chi connectivity index (χ0n) is 15.7. The largest absolute Gasteiger partial charge is 0.475 e. The molecule has 142 valence electrons. The van der Waals surface area contributed by atoms with E-state index in [4.69, 9.17) is 14.2 Å². The zero-order chi connectivity index (χ0) is 18.2. The van der Waals surface area contributed by atoms with E-state index in [1.165, 1.54) is 6.42 Å². The monoisotopic (exact) mass is 352 g/mol. The Morgan fingerprint density at radius 3 is 2.76 bits per heavy atom. The highest BCUT2D eigenvalue weighted by molar-refractivity contribution is 5.79. The number of rotatable bonds is 13. The fraction of sp³-hybridized carbons (Fsp3) is 0.667. The third-order valence-corrected chi connectivity index (χ3v) is 3.45. The molecule has 0 aromatic carbocycles. The maximum atomic E-state index is 5.64. The third kappa shape index (κ3) is 9.89.